The molecule has 5 heteroatoms. The minimum absolute atomic E-state index is 0.311. The number of para-hydroxylation sites is 1. The SMILES string of the molecule is C=C1N(Cc2ccccn2)c2ccccc2C12COc1c(Cl)cc(OCCC)c(C(CC)C(C)CC)c12. The molecule has 37 heavy (non-hydrogen) atoms. The molecule has 0 amide bonds. The quantitative estimate of drug-likeness (QED) is 0.286. The van der Waals surface area contributed by atoms with Crippen LogP contribution >= 0.6 is 11.6 Å². The van der Waals surface area contributed by atoms with E-state index in [2.05, 4.69) is 67.9 Å². The first kappa shape index (κ1) is 25.7. The third kappa shape index (κ3) is 4.10. The Kier molecular flexibility index (Phi) is 7.22. The summed E-state index contributed by atoms with van der Waals surface area (Å²) in [6.07, 6.45) is 4.87. The molecule has 3 heterocycles. The van der Waals surface area contributed by atoms with E-state index < -0.39 is 5.41 Å². The fourth-order valence-corrected chi connectivity index (χ4v) is 6.44. The van der Waals surface area contributed by atoms with Crippen LogP contribution in [0.4, 0.5) is 5.69 Å². The number of ether oxygens (including phenoxy) is 2. The molecule has 0 radical (unpaired) electrons. The van der Waals surface area contributed by atoms with Crippen LogP contribution in [0.5, 0.6) is 11.5 Å². The first-order valence-electron chi connectivity index (χ1n) is 13.6. The fourth-order valence-electron chi connectivity index (χ4n) is 6.19. The molecule has 0 aliphatic carbocycles. The third-order valence-corrected chi connectivity index (χ3v) is 8.50. The van der Waals surface area contributed by atoms with Crippen LogP contribution in [-0.4, -0.2) is 18.2 Å². The number of rotatable bonds is 9. The van der Waals surface area contributed by atoms with Crippen molar-refractivity contribution in [3.63, 3.8) is 0 Å². The lowest BCUT2D eigenvalue weighted by atomic mass is 9.69. The summed E-state index contributed by atoms with van der Waals surface area (Å²) < 4.78 is 12.9. The topological polar surface area (TPSA) is 34.6 Å². The molecule has 4 nitrogen and oxygen atoms in total. The lowest BCUT2D eigenvalue weighted by Gasteiger charge is -2.33. The number of fused-ring (bicyclic) bond motifs is 4. The molecule has 3 aromatic rings. The summed E-state index contributed by atoms with van der Waals surface area (Å²) in [5, 5.41) is 0.606. The summed E-state index contributed by atoms with van der Waals surface area (Å²) in [5.74, 6) is 2.45. The molecular formula is C32H37ClN2O2. The highest BCUT2D eigenvalue weighted by Crippen LogP contribution is 2.61. The predicted octanol–water partition coefficient (Wildman–Crippen LogP) is 8.28. The molecule has 5 rings (SSSR count). The van der Waals surface area contributed by atoms with Gasteiger partial charge in [-0.1, -0.05) is 76.6 Å². The van der Waals surface area contributed by atoms with Crippen LogP contribution in [0.15, 0.2) is 67.0 Å². The lowest BCUT2D eigenvalue weighted by Crippen LogP contribution is -2.34. The Balaban J connectivity index is 1.76. The maximum absolute atomic E-state index is 6.93. The van der Waals surface area contributed by atoms with Crippen LogP contribution in [0.25, 0.3) is 0 Å². The monoisotopic (exact) mass is 516 g/mol. The second-order valence-corrected chi connectivity index (χ2v) is 10.7. The lowest BCUT2D eigenvalue weighted by molar-refractivity contribution is 0.305. The largest absolute Gasteiger partial charge is 0.493 e. The van der Waals surface area contributed by atoms with Gasteiger partial charge in [-0.3, -0.25) is 4.98 Å². The van der Waals surface area contributed by atoms with Gasteiger partial charge in [0, 0.05) is 34.8 Å². The molecule has 0 fully saturated rings. The van der Waals surface area contributed by atoms with E-state index in [4.69, 9.17) is 27.7 Å². The summed E-state index contributed by atoms with van der Waals surface area (Å²) in [6, 6.07) is 16.6. The summed E-state index contributed by atoms with van der Waals surface area (Å²) in [5.41, 5.74) is 6.19. The number of nitrogens with zero attached hydrogens (tertiary/aromatic N) is 2. The Hall–Kier alpha value is -2.98. The van der Waals surface area contributed by atoms with E-state index in [1.54, 1.807) is 0 Å². The maximum Gasteiger partial charge on any atom is 0.143 e. The molecule has 3 atom stereocenters. The van der Waals surface area contributed by atoms with Crippen LogP contribution in [0.2, 0.25) is 5.02 Å². The van der Waals surface area contributed by atoms with E-state index in [1.165, 1.54) is 11.1 Å². The molecular weight excluding hydrogens is 480 g/mol. The predicted molar refractivity (Wildman–Crippen MR) is 152 cm³/mol. The summed E-state index contributed by atoms with van der Waals surface area (Å²) in [4.78, 5) is 6.91. The van der Waals surface area contributed by atoms with Crippen LogP contribution in [0.1, 0.15) is 75.3 Å². The highest BCUT2D eigenvalue weighted by molar-refractivity contribution is 6.32. The number of benzene rings is 2. The van der Waals surface area contributed by atoms with Crippen LogP contribution in [-0.2, 0) is 12.0 Å². The maximum atomic E-state index is 6.93. The highest BCUT2D eigenvalue weighted by atomic mass is 35.5. The van der Waals surface area contributed by atoms with Gasteiger partial charge < -0.3 is 14.4 Å². The third-order valence-electron chi connectivity index (χ3n) is 8.22. The molecule has 1 aromatic heterocycles. The Morgan fingerprint density at radius 3 is 2.62 bits per heavy atom. The van der Waals surface area contributed by atoms with Gasteiger partial charge in [-0.05, 0) is 48.4 Å². The standard InChI is InChI=1S/C32H37ClN2O2/c1-6-17-36-28-18-26(33)31-30(29(28)24(8-3)21(4)7-2)32(20-37-31)22(5)35(19-23-13-11-12-16-34-23)27-15-10-9-14-25(27)32/h9-16,18,21,24H,5-8,17,19-20H2,1-4H3. The molecule has 2 aliphatic heterocycles. The Morgan fingerprint density at radius 1 is 1.14 bits per heavy atom. The zero-order valence-electron chi connectivity index (χ0n) is 22.4. The van der Waals surface area contributed by atoms with Gasteiger partial charge in [-0.15, -0.1) is 0 Å². The first-order chi connectivity index (χ1) is 18.0. The highest BCUT2D eigenvalue weighted by Gasteiger charge is 2.55. The van der Waals surface area contributed by atoms with Crippen LogP contribution < -0.4 is 14.4 Å². The number of hydrogen-bond acceptors (Lipinski definition) is 4. The molecule has 2 aliphatic rings. The molecule has 3 unspecified atom stereocenters. The molecule has 0 N–H and O–H groups in total. The molecule has 0 saturated carbocycles. The van der Waals surface area contributed by atoms with E-state index in [-0.39, 0.29) is 0 Å². The average molecular weight is 517 g/mol. The van der Waals surface area contributed by atoms with Crippen molar-refractivity contribution < 1.29 is 9.47 Å². The van der Waals surface area contributed by atoms with Crippen molar-refractivity contribution in [2.75, 3.05) is 18.1 Å². The van der Waals surface area contributed by atoms with Crippen molar-refractivity contribution >= 4 is 17.3 Å². The van der Waals surface area contributed by atoms with Crippen LogP contribution in [0.3, 0.4) is 0 Å². The number of hydrogen-bond donors (Lipinski definition) is 0. The zero-order valence-corrected chi connectivity index (χ0v) is 23.1. The zero-order chi connectivity index (χ0) is 26.2. The molecule has 0 saturated heterocycles. The van der Waals surface area contributed by atoms with Gasteiger partial charge in [-0.2, -0.15) is 0 Å². The van der Waals surface area contributed by atoms with Gasteiger partial charge in [-0.25, -0.2) is 0 Å². The fraction of sp³-hybridized carbons (Fsp3) is 0.406. The summed E-state index contributed by atoms with van der Waals surface area (Å²) in [7, 11) is 0. The summed E-state index contributed by atoms with van der Waals surface area (Å²) >= 11 is 6.93. The van der Waals surface area contributed by atoms with Gasteiger partial charge in [0.15, 0.2) is 0 Å². The van der Waals surface area contributed by atoms with E-state index in [1.807, 2.05) is 24.4 Å². The van der Waals surface area contributed by atoms with Crippen molar-refractivity contribution in [2.45, 2.75) is 64.8 Å². The van der Waals surface area contributed by atoms with E-state index in [0.29, 0.717) is 36.6 Å². The molecule has 0 bridgehead atoms. The normalized spacial score (nSPS) is 19.5. The Bertz CT molecular complexity index is 1290. The first-order valence-corrected chi connectivity index (χ1v) is 13.9. The number of pyridine rings is 1. The minimum atomic E-state index is -0.536. The Labute approximate surface area is 226 Å². The van der Waals surface area contributed by atoms with Gasteiger partial charge in [0.25, 0.3) is 0 Å². The van der Waals surface area contributed by atoms with Crippen molar-refractivity contribution in [1.82, 2.24) is 4.98 Å². The minimum Gasteiger partial charge on any atom is -0.493 e. The van der Waals surface area contributed by atoms with Gasteiger partial charge >= 0.3 is 0 Å². The summed E-state index contributed by atoms with van der Waals surface area (Å²) in [6.45, 7) is 15.5. The Morgan fingerprint density at radius 2 is 1.92 bits per heavy atom. The van der Waals surface area contributed by atoms with Gasteiger partial charge in [0.2, 0.25) is 0 Å². The van der Waals surface area contributed by atoms with E-state index in [9.17, 15) is 0 Å². The van der Waals surface area contributed by atoms with E-state index in [0.717, 1.165) is 53.4 Å². The second kappa shape index (κ2) is 10.4. The molecule has 2 aromatic carbocycles. The van der Waals surface area contributed by atoms with Crippen molar-refractivity contribution in [1.29, 1.82) is 0 Å². The average Bonchev–Trinajstić information content (AvgIpc) is 3.43. The van der Waals surface area contributed by atoms with Crippen molar-refractivity contribution in [3.05, 3.63) is 94.4 Å². The molecule has 1 spiro atoms. The number of halogens is 1. The molecule has 194 valence electrons. The van der Waals surface area contributed by atoms with Gasteiger partial charge in [0.05, 0.1) is 29.3 Å². The second-order valence-electron chi connectivity index (χ2n) is 10.3. The van der Waals surface area contributed by atoms with Crippen molar-refractivity contribution in [2.24, 2.45) is 5.92 Å². The number of aromatic nitrogens is 1. The van der Waals surface area contributed by atoms with E-state index >= 15 is 0 Å². The number of anilines is 1. The van der Waals surface area contributed by atoms with Crippen LogP contribution in [0, 0.1) is 5.92 Å². The smallest absolute Gasteiger partial charge is 0.143 e. The van der Waals surface area contributed by atoms with Gasteiger partial charge in [0.1, 0.15) is 18.1 Å². The van der Waals surface area contributed by atoms with Crippen molar-refractivity contribution in [3.8, 4) is 11.5 Å².